The number of rotatable bonds is 3. The molecule has 1 unspecified atom stereocenters. The number of hydrogen-bond donors (Lipinski definition) is 0. The van der Waals surface area contributed by atoms with Gasteiger partial charge in [-0.25, -0.2) is 0 Å². The molecule has 3 heteroatoms. The van der Waals surface area contributed by atoms with Crippen LogP contribution in [0.2, 0.25) is 0 Å². The molecule has 0 radical (unpaired) electrons. The van der Waals surface area contributed by atoms with Crippen LogP contribution in [-0.4, -0.2) is 37.1 Å². The molecule has 0 amide bonds. The summed E-state index contributed by atoms with van der Waals surface area (Å²) in [6.07, 6.45) is 0.529. The summed E-state index contributed by atoms with van der Waals surface area (Å²) >= 11 is 0. The highest BCUT2D eigenvalue weighted by molar-refractivity contribution is 5.69. The zero-order valence-electron chi connectivity index (χ0n) is 6.46. The van der Waals surface area contributed by atoms with Gasteiger partial charge in [0, 0.05) is 19.1 Å². The van der Waals surface area contributed by atoms with Crippen LogP contribution in [0, 0.1) is 0 Å². The lowest BCUT2D eigenvalue weighted by Gasteiger charge is -1.99. The Morgan fingerprint density at radius 1 is 1.80 bits per heavy atom. The Bertz CT molecular complexity index is 136. The van der Waals surface area contributed by atoms with Gasteiger partial charge in [0.25, 0.3) is 0 Å². The normalized spacial score (nSPS) is 29.8. The molecule has 1 aliphatic heterocycles. The van der Waals surface area contributed by atoms with Crippen LogP contribution in [0.25, 0.3) is 0 Å². The number of ether oxygens (including phenoxy) is 1. The van der Waals surface area contributed by atoms with Gasteiger partial charge < -0.3 is 4.74 Å². The van der Waals surface area contributed by atoms with Gasteiger partial charge in [-0.15, -0.1) is 0 Å². The van der Waals surface area contributed by atoms with Crippen LogP contribution in [0.4, 0.5) is 0 Å². The Kier molecular flexibility index (Phi) is 2.27. The standard InChI is InChI=1S/C7H13NO2/c1-6-5-8(6)4-3-7(9)10-2/h6H,3-5H2,1-2H3/t6-,8?/m0/s1. The van der Waals surface area contributed by atoms with E-state index in [1.807, 2.05) is 0 Å². The first-order valence-electron chi connectivity index (χ1n) is 3.55. The highest BCUT2D eigenvalue weighted by atomic mass is 16.5. The van der Waals surface area contributed by atoms with Crippen molar-refractivity contribution in [2.75, 3.05) is 20.2 Å². The topological polar surface area (TPSA) is 29.3 Å². The van der Waals surface area contributed by atoms with E-state index >= 15 is 0 Å². The van der Waals surface area contributed by atoms with Crippen molar-refractivity contribution in [1.82, 2.24) is 4.90 Å². The quantitative estimate of drug-likeness (QED) is 0.419. The first-order valence-corrected chi connectivity index (χ1v) is 3.55. The number of carbonyl (C=O) groups excluding carboxylic acids is 1. The van der Waals surface area contributed by atoms with Crippen molar-refractivity contribution in [3.05, 3.63) is 0 Å². The fraction of sp³-hybridized carbons (Fsp3) is 0.857. The zero-order chi connectivity index (χ0) is 7.56. The molecule has 0 aromatic heterocycles. The lowest BCUT2D eigenvalue weighted by Crippen LogP contribution is -2.09. The first kappa shape index (κ1) is 7.54. The Morgan fingerprint density at radius 2 is 2.40 bits per heavy atom. The van der Waals surface area contributed by atoms with Crippen molar-refractivity contribution < 1.29 is 9.53 Å². The summed E-state index contributed by atoms with van der Waals surface area (Å²) in [5, 5.41) is 0. The largest absolute Gasteiger partial charge is 0.469 e. The molecule has 2 atom stereocenters. The van der Waals surface area contributed by atoms with Gasteiger partial charge in [0.15, 0.2) is 0 Å². The van der Waals surface area contributed by atoms with Gasteiger partial charge in [-0.05, 0) is 6.92 Å². The number of nitrogens with zero attached hydrogens (tertiary/aromatic N) is 1. The minimum Gasteiger partial charge on any atom is -0.469 e. The molecule has 0 aromatic carbocycles. The van der Waals surface area contributed by atoms with Gasteiger partial charge in [-0.1, -0.05) is 0 Å². The SMILES string of the molecule is COC(=O)CCN1C[C@@H]1C. The van der Waals surface area contributed by atoms with Gasteiger partial charge in [-0.2, -0.15) is 0 Å². The van der Waals surface area contributed by atoms with Crippen molar-refractivity contribution in [2.45, 2.75) is 19.4 Å². The second kappa shape index (κ2) is 3.01. The summed E-state index contributed by atoms with van der Waals surface area (Å²) in [5.41, 5.74) is 0. The van der Waals surface area contributed by atoms with E-state index in [9.17, 15) is 4.79 Å². The van der Waals surface area contributed by atoms with Crippen LogP contribution < -0.4 is 0 Å². The maximum absolute atomic E-state index is 10.6. The van der Waals surface area contributed by atoms with Crippen LogP contribution in [0.5, 0.6) is 0 Å². The average molecular weight is 143 g/mol. The summed E-state index contributed by atoms with van der Waals surface area (Å²) in [4.78, 5) is 12.8. The summed E-state index contributed by atoms with van der Waals surface area (Å²) < 4.78 is 4.50. The second-order valence-corrected chi connectivity index (χ2v) is 2.67. The molecule has 0 spiro atoms. The van der Waals surface area contributed by atoms with E-state index in [4.69, 9.17) is 0 Å². The third kappa shape index (κ3) is 1.99. The van der Waals surface area contributed by atoms with Gasteiger partial charge in [0.05, 0.1) is 13.5 Å². The predicted octanol–water partition coefficient (Wildman–Crippen LogP) is 0.254. The minimum atomic E-state index is -0.112. The molecule has 0 bridgehead atoms. The predicted molar refractivity (Wildman–Crippen MR) is 37.7 cm³/mol. The molecular weight excluding hydrogens is 130 g/mol. The first-order chi connectivity index (χ1) is 4.74. The van der Waals surface area contributed by atoms with Gasteiger partial charge in [0.1, 0.15) is 0 Å². The van der Waals surface area contributed by atoms with E-state index in [0.29, 0.717) is 12.5 Å². The van der Waals surface area contributed by atoms with E-state index in [1.54, 1.807) is 0 Å². The minimum absolute atomic E-state index is 0.112. The van der Waals surface area contributed by atoms with E-state index in [0.717, 1.165) is 13.1 Å². The van der Waals surface area contributed by atoms with Crippen molar-refractivity contribution in [3.63, 3.8) is 0 Å². The Morgan fingerprint density at radius 3 is 2.80 bits per heavy atom. The maximum atomic E-state index is 10.6. The fourth-order valence-corrected chi connectivity index (χ4v) is 0.941. The fourth-order valence-electron chi connectivity index (χ4n) is 0.941. The molecule has 0 saturated carbocycles. The van der Waals surface area contributed by atoms with Crippen LogP contribution in [-0.2, 0) is 9.53 Å². The van der Waals surface area contributed by atoms with E-state index in [2.05, 4.69) is 16.6 Å². The van der Waals surface area contributed by atoms with Gasteiger partial charge in [0.2, 0.25) is 0 Å². The van der Waals surface area contributed by atoms with Crippen LogP contribution in [0.3, 0.4) is 0 Å². The Balaban J connectivity index is 2.00. The Hall–Kier alpha value is -0.570. The van der Waals surface area contributed by atoms with Crippen molar-refractivity contribution in [1.29, 1.82) is 0 Å². The number of esters is 1. The summed E-state index contributed by atoms with van der Waals surface area (Å²) in [6, 6.07) is 0.685. The van der Waals surface area contributed by atoms with Gasteiger partial charge >= 0.3 is 5.97 Å². The molecule has 3 nitrogen and oxygen atoms in total. The molecule has 10 heavy (non-hydrogen) atoms. The lowest BCUT2D eigenvalue weighted by atomic mass is 10.4. The van der Waals surface area contributed by atoms with Crippen molar-refractivity contribution in [2.24, 2.45) is 0 Å². The van der Waals surface area contributed by atoms with Crippen molar-refractivity contribution >= 4 is 5.97 Å². The Labute approximate surface area is 61.0 Å². The average Bonchev–Trinajstić information content (AvgIpc) is 2.61. The van der Waals surface area contributed by atoms with Crippen LogP contribution in [0.15, 0.2) is 0 Å². The highest BCUT2D eigenvalue weighted by Gasteiger charge is 2.28. The second-order valence-electron chi connectivity index (χ2n) is 2.67. The monoisotopic (exact) mass is 143 g/mol. The third-order valence-electron chi connectivity index (χ3n) is 1.82. The van der Waals surface area contributed by atoms with E-state index in [1.165, 1.54) is 7.11 Å². The molecule has 0 aliphatic carbocycles. The molecule has 0 aromatic rings. The smallest absolute Gasteiger partial charge is 0.306 e. The molecule has 1 aliphatic rings. The van der Waals surface area contributed by atoms with Crippen LogP contribution >= 0.6 is 0 Å². The highest BCUT2D eigenvalue weighted by Crippen LogP contribution is 2.15. The van der Waals surface area contributed by atoms with E-state index in [-0.39, 0.29) is 5.97 Å². The van der Waals surface area contributed by atoms with Gasteiger partial charge in [-0.3, -0.25) is 9.69 Å². The molecular formula is C7H13NO2. The maximum Gasteiger partial charge on any atom is 0.306 e. The number of hydrogen-bond acceptors (Lipinski definition) is 3. The molecule has 58 valence electrons. The summed E-state index contributed by atoms with van der Waals surface area (Å²) in [7, 11) is 1.42. The van der Waals surface area contributed by atoms with E-state index < -0.39 is 0 Å². The molecule has 1 rings (SSSR count). The third-order valence-corrected chi connectivity index (χ3v) is 1.82. The molecule has 1 heterocycles. The summed E-state index contributed by atoms with van der Waals surface area (Å²) in [5.74, 6) is -0.112. The number of carbonyl (C=O) groups is 1. The molecule has 1 fully saturated rings. The van der Waals surface area contributed by atoms with Crippen molar-refractivity contribution in [3.8, 4) is 0 Å². The zero-order valence-corrected chi connectivity index (χ0v) is 6.46. The number of methoxy groups -OCH3 is 1. The summed E-state index contributed by atoms with van der Waals surface area (Å²) in [6.45, 7) is 4.14. The lowest BCUT2D eigenvalue weighted by molar-refractivity contribution is -0.140. The molecule has 0 N–H and O–H groups in total. The van der Waals surface area contributed by atoms with Crippen LogP contribution in [0.1, 0.15) is 13.3 Å². The molecule has 1 saturated heterocycles.